The van der Waals surface area contributed by atoms with Gasteiger partial charge in [0.15, 0.2) is 0 Å². The number of nitriles is 1. The molecule has 0 aromatic rings. The van der Waals surface area contributed by atoms with Crippen molar-refractivity contribution in [3.63, 3.8) is 0 Å². The highest BCUT2D eigenvalue weighted by atomic mass is 15.2. The topological polar surface area (TPSA) is 39.1 Å². The van der Waals surface area contributed by atoms with Crippen LogP contribution in [0.4, 0.5) is 0 Å². The third-order valence-corrected chi connectivity index (χ3v) is 4.47. The summed E-state index contributed by atoms with van der Waals surface area (Å²) >= 11 is 0. The van der Waals surface area contributed by atoms with Gasteiger partial charge in [0.05, 0.1) is 6.07 Å². The second-order valence-corrected chi connectivity index (χ2v) is 6.25. The van der Waals surface area contributed by atoms with Crippen molar-refractivity contribution in [3.05, 3.63) is 0 Å². The first kappa shape index (κ1) is 13.8. The molecule has 2 aliphatic rings. The van der Waals surface area contributed by atoms with Crippen LogP contribution in [0.5, 0.6) is 0 Å². The minimum Gasteiger partial charge on any atom is -0.299 e. The first-order chi connectivity index (χ1) is 8.70. The van der Waals surface area contributed by atoms with Gasteiger partial charge in [-0.05, 0) is 52.0 Å². The van der Waals surface area contributed by atoms with Crippen LogP contribution in [0.2, 0.25) is 0 Å². The van der Waals surface area contributed by atoms with Crippen molar-refractivity contribution in [3.8, 4) is 6.07 Å². The lowest BCUT2D eigenvalue weighted by molar-refractivity contribution is 0.180. The highest BCUT2D eigenvalue weighted by Gasteiger charge is 2.34. The van der Waals surface area contributed by atoms with E-state index in [4.69, 9.17) is 0 Å². The lowest BCUT2D eigenvalue weighted by Crippen LogP contribution is -2.46. The summed E-state index contributed by atoms with van der Waals surface area (Å²) in [6.07, 6.45) is 8.33. The molecule has 1 saturated heterocycles. The van der Waals surface area contributed by atoms with E-state index in [1.165, 1.54) is 45.1 Å². The Labute approximate surface area is 112 Å². The fourth-order valence-corrected chi connectivity index (χ4v) is 3.72. The average Bonchev–Trinajstić information content (AvgIpc) is 2.96. The lowest BCUT2D eigenvalue weighted by Gasteiger charge is -2.31. The van der Waals surface area contributed by atoms with E-state index in [1.54, 1.807) is 0 Å². The SMILES string of the molecule is CC(C)NC(C#N)CN1CCCC1C1CCCC1. The molecule has 2 atom stereocenters. The number of nitrogens with one attached hydrogen (secondary N) is 1. The molecule has 2 fully saturated rings. The predicted octanol–water partition coefficient (Wildman–Crippen LogP) is 2.53. The Bertz CT molecular complexity index is 289. The van der Waals surface area contributed by atoms with E-state index in [2.05, 4.69) is 30.1 Å². The number of hydrogen-bond acceptors (Lipinski definition) is 3. The Morgan fingerprint density at radius 2 is 1.94 bits per heavy atom. The van der Waals surface area contributed by atoms with Crippen LogP contribution in [0.15, 0.2) is 0 Å². The molecule has 0 bridgehead atoms. The molecule has 3 heteroatoms. The molecular formula is C15H27N3. The van der Waals surface area contributed by atoms with E-state index in [-0.39, 0.29) is 6.04 Å². The predicted molar refractivity (Wildman–Crippen MR) is 74.2 cm³/mol. The molecule has 2 unspecified atom stereocenters. The third kappa shape index (κ3) is 3.46. The van der Waals surface area contributed by atoms with Crippen molar-refractivity contribution in [2.24, 2.45) is 5.92 Å². The minimum absolute atomic E-state index is 0.00740. The van der Waals surface area contributed by atoms with Crippen molar-refractivity contribution in [1.82, 2.24) is 10.2 Å². The zero-order valence-electron chi connectivity index (χ0n) is 11.9. The van der Waals surface area contributed by atoms with Crippen molar-refractivity contribution < 1.29 is 0 Å². The van der Waals surface area contributed by atoms with Crippen LogP contribution in [0, 0.1) is 17.2 Å². The Morgan fingerprint density at radius 1 is 1.22 bits per heavy atom. The monoisotopic (exact) mass is 249 g/mol. The average molecular weight is 249 g/mol. The molecule has 1 aliphatic heterocycles. The summed E-state index contributed by atoms with van der Waals surface area (Å²) in [6, 6.07) is 3.56. The zero-order valence-corrected chi connectivity index (χ0v) is 11.9. The summed E-state index contributed by atoms with van der Waals surface area (Å²) in [5.41, 5.74) is 0. The second-order valence-electron chi connectivity index (χ2n) is 6.25. The van der Waals surface area contributed by atoms with Gasteiger partial charge in [-0.3, -0.25) is 10.2 Å². The molecule has 1 saturated carbocycles. The van der Waals surface area contributed by atoms with Gasteiger partial charge in [-0.2, -0.15) is 5.26 Å². The van der Waals surface area contributed by atoms with Gasteiger partial charge < -0.3 is 0 Å². The van der Waals surface area contributed by atoms with Gasteiger partial charge >= 0.3 is 0 Å². The summed E-state index contributed by atoms with van der Waals surface area (Å²) < 4.78 is 0. The van der Waals surface area contributed by atoms with Crippen LogP contribution in [-0.2, 0) is 0 Å². The largest absolute Gasteiger partial charge is 0.299 e. The summed E-state index contributed by atoms with van der Waals surface area (Å²) in [4.78, 5) is 2.58. The molecule has 1 aliphatic carbocycles. The number of nitrogens with zero attached hydrogens (tertiary/aromatic N) is 2. The number of likely N-dealkylation sites (tertiary alicyclic amines) is 1. The second kappa shape index (κ2) is 6.54. The van der Waals surface area contributed by atoms with E-state index in [1.807, 2.05) is 0 Å². The molecule has 0 aromatic heterocycles. The van der Waals surface area contributed by atoms with E-state index < -0.39 is 0 Å². The molecule has 2 rings (SSSR count). The first-order valence-electron chi connectivity index (χ1n) is 7.60. The molecule has 102 valence electrons. The van der Waals surface area contributed by atoms with Crippen LogP contribution in [-0.4, -0.2) is 36.1 Å². The van der Waals surface area contributed by atoms with E-state index >= 15 is 0 Å². The van der Waals surface area contributed by atoms with Crippen molar-refractivity contribution in [2.45, 2.75) is 70.5 Å². The molecule has 18 heavy (non-hydrogen) atoms. The Hall–Kier alpha value is -0.590. The highest BCUT2D eigenvalue weighted by Crippen LogP contribution is 2.35. The van der Waals surface area contributed by atoms with Gasteiger partial charge in [-0.25, -0.2) is 0 Å². The zero-order chi connectivity index (χ0) is 13.0. The Balaban J connectivity index is 1.88. The van der Waals surface area contributed by atoms with E-state index in [9.17, 15) is 5.26 Å². The molecule has 0 aromatic carbocycles. The minimum atomic E-state index is -0.00740. The maximum atomic E-state index is 9.25. The van der Waals surface area contributed by atoms with Gasteiger partial charge in [-0.1, -0.05) is 12.8 Å². The van der Waals surface area contributed by atoms with E-state index in [0.29, 0.717) is 6.04 Å². The molecule has 1 heterocycles. The van der Waals surface area contributed by atoms with Gasteiger partial charge in [0, 0.05) is 18.6 Å². The van der Waals surface area contributed by atoms with Gasteiger partial charge in [-0.15, -0.1) is 0 Å². The van der Waals surface area contributed by atoms with Crippen molar-refractivity contribution in [2.75, 3.05) is 13.1 Å². The van der Waals surface area contributed by atoms with Gasteiger partial charge in [0.25, 0.3) is 0 Å². The maximum Gasteiger partial charge on any atom is 0.108 e. The first-order valence-corrected chi connectivity index (χ1v) is 7.60. The highest BCUT2D eigenvalue weighted by molar-refractivity contribution is 4.97. The van der Waals surface area contributed by atoms with Gasteiger partial charge in [0.2, 0.25) is 0 Å². The summed E-state index contributed by atoms with van der Waals surface area (Å²) in [5, 5.41) is 12.6. The molecule has 1 N–H and O–H groups in total. The number of rotatable bonds is 5. The van der Waals surface area contributed by atoms with Gasteiger partial charge in [0.1, 0.15) is 6.04 Å². The molecule has 3 nitrogen and oxygen atoms in total. The summed E-state index contributed by atoms with van der Waals surface area (Å²) in [6.45, 7) is 6.33. The standard InChI is InChI=1S/C15H27N3/c1-12(2)17-14(10-16)11-18-9-5-8-15(18)13-6-3-4-7-13/h12-15,17H,3-9,11H2,1-2H3. The van der Waals surface area contributed by atoms with Crippen molar-refractivity contribution >= 4 is 0 Å². The number of hydrogen-bond donors (Lipinski definition) is 1. The molecule has 0 amide bonds. The normalized spacial score (nSPS) is 27.8. The maximum absolute atomic E-state index is 9.25. The molecular weight excluding hydrogens is 222 g/mol. The summed E-state index contributed by atoms with van der Waals surface area (Å²) in [5.74, 6) is 0.908. The molecule has 0 spiro atoms. The van der Waals surface area contributed by atoms with Crippen LogP contribution in [0.25, 0.3) is 0 Å². The van der Waals surface area contributed by atoms with E-state index in [0.717, 1.165) is 18.5 Å². The quantitative estimate of drug-likeness (QED) is 0.814. The lowest BCUT2D eigenvalue weighted by atomic mass is 9.96. The van der Waals surface area contributed by atoms with Crippen molar-refractivity contribution in [1.29, 1.82) is 5.26 Å². The Morgan fingerprint density at radius 3 is 2.56 bits per heavy atom. The molecule has 0 radical (unpaired) electrons. The summed E-state index contributed by atoms with van der Waals surface area (Å²) in [7, 11) is 0. The van der Waals surface area contributed by atoms with Crippen LogP contribution in [0.3, 0.4) is 0 Å². The van der Waals surface area contributed by atoms with Crippen LogP contribution in [0.1, 0.15) is 52.4 Å². The fraction of sp³-hybridized carbons (Fsp3) is 0.933. The smallest absolute Gasteiger partial charge is 0.108 e. The fourth-order valence-electron chi connectivity index (χ4n) is 3.72. The Kier molecular flexibility index (Phi) is 5.03. The van der Waals surface area contributed by atoms with Crippen LogP contribution < -0.4 is 5.32 Å². The van der Waals surface area contributed by atoms with Crippen LogP contribution >= 0.6 is 0 Å². The third-order valence-electron chi connectivity index (χ3n) is 4.47.